The molecule has 1 aliphatic carbocycles. The van der Waals surface area contributed by atoms with Crippen molar-refractivity contribution in [2.75, 3.05) is 46.2 Å². The zero-order valence-corrected chi connectivity index (χ0v) is 33.7. The first-order chi connectivity index (χ1) is 25.7. The SMILES string of the molecule is COC(=O)C1=C(CC(=O)[N+]2(C3CCCCC3)CCN(NC(=O)OC(C)(C)C)CC2)NC(C[S@](=O)c2ccccc2)=C(C(=O)OC)[C@H]1c1c(Cl)cccc1Cl. The molecule has 0 spiro atoms. The molecule has 2 fully saturated rings. The highest BCUT2D eigenvalue weighted by molar-refractivity contribution is 7.85. The lowest BCUT2D eigenvalue weighted by Crippen LogP contribution is -2.69. The van der Waals surface area contributed by atoms with Crippen LogP contribution in [0.25, 0.3) is 0 Å². The first-order valence-corrected chi connectivity index (χ1v) is 20.2. The van der Waals surface area contributed by atoms with Gasteiger partial charge in [-0.1, -0.05) is 53.9 Å². The number of quaternary nitrogens is 1. The average molecular weight is 805 g/mol. The molecule has 0 bridgehead atoms. The molecule has 54 heavy (non-hydrogen) atoms. The molecule has 2 atom stereocenters. The molecule has 12 nitrogen and oxygen atoms in total. The zero-order valence-electron chi connectivity index (χ0n) is 31.4. The molecule has 292 valence electrons. The standard InChI is InChI=1S/C39H48Cl2N4O8S/c1-39(2,3)53-38(49)43-44-19-21-45(22-20-44,25-13-8-6-9-14-25)31(46)23-29-33(36(47)51-4)35(32-27(40)17-12-18-28(32)41)34(37(48)52-5)30(42-29)24-54(50)26-15-10-7-11-16-26/h7,10-12,15-18,25,35H,6,8-9,13-14,19-24H2,1-5H3,(H-,42,43,47,48,49)/p+1/t35-,54-/m0/s1. The normalized spacial score (nSPS) is 20.1. The summed E-state index contributed by atoms with van der Waals surface area (Å²) in [6, 6.07) is 13.6. The summed E-state index contributed by atoms with van der Waals surface area (Å²) in [5.41, 5.74) is 2.75. The lowest BCUT2D eigenvalue weighted by molar-refractivity contribution is -0.886. The molecule has 2 amide bonds. The third-order valence-electron chi connectivity index (χ3n) is 10.2. The number of halogens is 2. The molecule has 1 saturated carbocycles. The smallest absolute Gasteiger partial charge is 0.422 e. The predicted molar refractivity (Wildman–Crippen MR) is 206 cm³/mol. The van der Waals surface area contributed by atoms with Crippen LogP contribution in [0.5, 0.6) is 0 Å². The summed E-state index contributed by atoms with van der Waals surface area (Å²) in [5.74, 6) is -3.14. The van der Waals surface area contributed by atoms with Crippen LogP contribution in [0.3, 0.4) is 0 Å². The monoisotopic (exact) mass is 803 g/mol. The Morgan fingerprint density at radius 2 is 1.44 bits per heavy atom. The summed E-state index contributed by atoms with van der Waals surface area (Å²) in [5, 5.41) is 5.35. The highest BCUT2D eigenvalue weighted by atomic mass is 35.5. The van der Waals surface area contributed by atoms with Crippen LogP contribution in [0.15, 0.2) is 76.0 Å². The molecular formula is C39H49Cl2N4O8S+. The van der Waals surface area contributed by atoms with Crippen molar-refractivity contribution in [2.45, 2.75) is 81.8 Å². The van der Waals surface area contributed by atoms with E-state index in [2.05, 4.69) is 10.7 Å². The maximum atomic E-state index is 15.1. The summed E-state index contributed by atoms with van der Waals surface area (Å²) < 4.78 is 30.0. The van der Waals surface area contributed by atoms with Gasteiger partial charge in [0.2, 0.25) is 0 Å². The quantitative estimate of drug-likeness (QED) is 0.163. The highest BCUT2D eigenvalue weighted by Gasteiger charge is 2.49. The maximum Gasteiger partial charge on any atom is 0.422 e. The topological polar surface area (TPSA) is 140 Å². The molecule has 3 aliphatic rings. The molecule has 2 aromatic rings. The molecular weight excluding hydrogens is 755 g/mol. The number of nitrogens with zero attached hydrogens (tertiary/aromatic N) is 2. The third-order valence-corrected chi connectivity index (χ3v) is 12.2. The average Bonchev–Trinajstić information content (AvgIpc) is 3.14. The van der Waals surface area contributed by atoms with Gasteiger partial charge in [-0.2, -0.15) is 0 Å². The Morgan fingerprint density at radius 1 is 0.870 bits per heavy atom. The Balaban J connectivity index is 1.60. The number of hydrogen-bond acceptors (Lipinski definition) is 10. The van der Waals surface area contributed by atoms with E-state index >= 15 is 4.79 Å². The van der Waals surface area contributed by atoms with Gasteiger partial charge in [0.25, 0.3) is 0 Å². The van der Waals surface area contributed by atoms with Crippen LogP contribution in [0.4, 0.5) is 4.79 Å². The molecule has 1 saturated heterocycles. The van der Waals surface area contributed by atoms with E-state index in [9.17, 15) is 18.6 Å². The van der Waals surface area contributed by atoms with Crippen LogP contribution in [0.1, 0.15) is 70.8 Å². The second-order valence-corrected chi connectivity index (χ2v) is 17.0. The number of dihydropyridines is 1. The van der Waals surface area contributed by atoms with Crippen molar-refractivity contribution in [3.8, 4) is 0 Å². The van der Waals surface area contributed by atoms with E-state index in [1.807, 2.05) is 6.07 Å². The number of esters is 2. The van der Waals surface area contributed by atoms with Gasteiger partial charge in [-0.3, -0.25) is 14.1 Å². The fourth-order valence-corrected chi connectivity index (χ4v) is 9.43. The Kier molecular flexibility index (Phi) is 13.7. The van der Waals surface area contributed by atoms with Crippen LogP contribution in [0.2, 0.25) is 10.0 Å². The van der Waals surface area contributed by atoms with Gasteiger partial charge in [-0.05, 0) is 70.7 Å². The number of nitrogens with one attached hydrogen (secondary N) is 2. The van der Waals surface area contributed by atoms with Crippen molar-refractivity contribution in [2.24, 2.45) is 0 Å². The number of methoxy groups -OCH3 is 2. The van der Waals surface area contributed by atoms with E-state index in [1.54, 1.807) is 68.2 Å². The van der Waals surface area contributed by atoms with E-state index in [4.69, 9.17) is 37.4 Å². The summed E-state index contributed by atoms with van der Waals surface area (Å²) in [4.78, 5) is 55.9. The zero-order chi connectivity index (χ0) is 39.2. The van der Waals surface area contributed by atoms with Crippen molar-refractivity contribution in [1.29, 1.82) is 0 Å². The Bertz CT molecular complexity index is 1810. The number of hydrazine groups is 1. The Hall–Kier alpha value is -3.75. The van der Waals surface area contributed by atoms with E-state index in [-0.39, 0.29) is 66.8 Å². The largest absolute Gasteiger partial charge is 0.466 e. The molecule has 5 rings (SSSR count). The molecule has 0 aromatic heterocycles. The van der Waals surface area contributed by atoms with E-state index in [0.717, 1.165) is 32.1 Å². The maximum absolute atomic E-state index is 15.1. The molecule has 0 unspecified atom stereocenters. The van der Waals surface area contributed by atoms with E-state index in [1.165, 1.54) is 14.2 Å². The fourth-order valence-electron chi connectivity index (χ4n) is 7.69. The number of hydrogen-bond donors (Lipinski definition) is 2. The first kappa shape index (κ1) is 41.4. The second-order valence-electron chi connectivity index (χ2n) is 14.7. The molecule has 2 aromatic carbocycles. The number of rotatable bonds is 10. The minimum absolute atomic E-state index is 0.0219. The lowest BCUT2D eigenvalue weighted by atomic mass is 9.79. The van der Waals surface area contributed by atoms with Crippen molar-refractivity contribution in [3.63, 3.8) is 0 Å². The molecule has 2 N–H and O–H groups in total. The minimum Gasteiger partial charge on any atom is -0.466 e. The first-order valence-electron chi connectivity index (χ1n) is 18.1. The summed E-state index contributed by atoms with van der Waals surface area (Å²) >= 11 is 13.6. The lowest BCUT2D eigenvalue weighted by Gasteiger charge is -2.48. The van der Waals surface area contributed by atoms with Gasteiger partial charge < -0.3 is 19.5 Å². The number of amides is 2. The van der Waals surface area contributed by atoms with Gasteiger partial charge in [-0.25, -0.2) is 24.2 Å². The van der Waals surface area contributed by atoms with Crippen LogP contribution >= 0.6 is 23.2 Å². The predicted octanol–water partition coefficient (Wildman–Crippen LogP) is 6.16. The Morgan fingerprint density at radius 3 is 2.00 bits per heavy atom. The van der Waals surface area contributed by atoms with Crippen LogP contribution in [0, 0.1) is 0 Å². The molecule has 15 heteroatoms. The van der Waals surface area contributed by atoms with Crippen LogP contribution in [-0.4, -0.2) is 95.4 Å². The number of carbonyl (C=O) groups excluding carboxylic acids is 4. The summed E-state index contributed by atoms with van der Waals surface area (Å²) in [6.45, 7) is 6.98. The van der Waals surface area contributed by atoms with Gasteiger partial charge in [0, 0.05) is 31.9 Å². The number of benzene rings is 2. The second kappa shape index (κ2) is 17.8. The number of ether oxygens (including phenoxy) is 3. The summed E-state index contributed by atoms with van der Waals surface area (Å²) in [6.07, 6.45) is 3.96. The highest BCUT2D eigenvalue weighted by Crippen LogP contribution is 2.46. The van der Waals surface area contributed by atoms with Crippen LogP contribution < -0.4 is 10.7 Å². The van der Waals surface area contributed by atoms with Gasteiger partial charge >= 0.3 is 23.9 Å². The summed E-state index contributed by atoms with van der Waals surface area (Å²) in [7, 11) is 0.770. The van der Waals surface area contributed by atoms with Crippen molar-refractivity contribution >= 4 is 57.9 Å². The Labute approximate surface area is 329 Å². The van der Waals surface area contributed by atoms with Gasteiger partial charge in [-0.15, -0.1) is 0 Å². The van der Waals surface area contributed by atoms with E-state index < -0.39 is 40.4 Å². The fraction of sp³-hybridized carbons (Fsp3) is 0.487. The molecule has 2 heterocycles. The number of piperazine rings is 1. The van der Waals surface area contributed by atoms with Gasteiger partial charge in [0.05, 0.1) is 67.0 Å². The van der Waals surface area contributed by atoms with Crippen molar-refractivity contribution in [3.05, 3.63) is 86.7 Å². The van der Waals surface area contributed by atoms with Gasteiger partial charge in [0.15, 0.2) is 0 Å². The van der Waals surface area contributed by atoms with Crippen LogP contribution in [-0.2, 0) is 39.4 Å². The molecule has 2 aliphatic heterocycles. The van der Waals surface area contributed by atoms with Crippen molar-refractivity contribution < 1.29 is 42.1 Å². The molecule has 0 radical (unpaired) electrons. The van der Waals surface area contributed by atoms with Gasteiger partial charge in [0.1, 0.15) is 25.1 Å². The third kappa shape index (κ3) is 9.36. The minimum atomic E-state index is -1.66. The van der Waals surface area contributed by atoms with E-state index in [0.29, 0.717) is 31.1 Å². The number of carbonyl (C=O) groups is 4. The van der Waals surface area contributed by atoms with Crippen molar-refractivity contribution in [1.82, 2.24) is 15.8 Å².